The molecule has 0 saturated heterocycles. The molecule has 2 aliphatic rings. The van der Waals surface area contributed by atoms with Gasteiger partial charge >= 0.3 is 0 Å². The lowest BCUT2D eigenvalue weighted by atomic mass is 9.63. The molecule has 2 aromatic carbocycles. The second kappa shape index (κ2) is 12.1. The summed E-state index contributed by atoms with van der Waals surface area (Å²) in [4.78, 5) is 0. The summed E-state index contributed by atoms with van der Waals surface area (Å²) in [6, 6.07) is 17.9. The van der Waals surface area contributed by atoms with Gasteiger partial charge in [-0.1, -0.05) is 60.8 Å². The monoisotopic (exact) mass is 436 g/mol. The summed E-state index contributed by atoms with van der Waals surface area (Å²) in [5.41, 5.74) is 5.12. The van der Waals surface area contributed by atoms with Crippen molar-refractivity contribution in [2.45, 2.75) is 77.0 Å². The van der Waals surface area contributed by atoms with Crippen LogP contribution in [0.1, 0.15) is 92.9 Å². The largest absolute Gasteiger partial charge is 0.103 e. The van der Waals surface area contributed by atoms with E-state index in [0.29, 0.717) is 0 Å². The SMILES string of the molecule is C=CCCC1CCC2CC(c3ccc(C#Cc4ccc(CC/C=C/C)cc4)cc3)CCC2C1. The van der Waals surface area contributed by atoms with Crippen LogP contribution in [-0.2, 0) is 6.42 Å². The number of aryl methyl sites for hydroxylation is 1. The maximum atomic E-state index is 3.91. The predicted octanol–water partition coefficient (Wildman–Crippen LogP) is 8.86. The molecule has 2 fully saturated rings. The Balaban J connectivity index is 1.30. The van der Waals surface area contributed by atoms with Gasteiger partial charge in [-0.15, -0.1) is 6.58 Å². The van der Waals surface area contributed by atoms with Crippen molar-refractivity contribution in [2.24, 2.45) is 17.8 Å². The van der Waals surface area contributed by atoms with E-state index in [1.54, 1.807) is 0 Å². The van der Waals surface area contributed by atoms with Crippen LogP contribution in [0.15, 0.2) is 73.3 Å². The van der Waals surface area contributed by atoms with Crippen LogP contribution in [-0.4, -0.2) is 0 Å². The summed E-state index contributed by atoms with van der Waals surface area (Å²) in [7, 11) is 0. The molecule has 0 amide bonds. The average Bonchev–Trinajstić information content (AvgIpc) is 2.87. The summed E-state index contributed by atoms with van der Waals surface area (Å²) in [6.45, 7) is 5.98. The molecule has 0 aromatic heterocycles. The fraction of sp³-hybridized carbons (Fsp3) is 0.455. The van der Waals surface area contributed by atoms with Crippen LogP contribution in [0, 0.1) is 29.6 Å². The minimum Gasteiger partial charge on any atom is -0.103 e. The molecule has 4 rings (SSSR count). The second-order valence-electron chi connectivity index (χ2n) is 10.3. The fourth-order valence-electron chi connectivity index (χ4n) is 6.06. The van der Waals surface area contributed by atoms with E-state index in [1.165, 1.54) is 62.5 Å². The van der Waals surface area contributed by atoms with Gasteiger partial charge in [0.05, 0.1) is 0 Å². The standard InChI is InChI=1S/C33H40/c1-3-5-7-9-26-10-12-27(13-11-26)14-15-28-16-19-30(20-17-28)32-23-22-31-24-29(8-6-4-2)18-21-33(31)25-32/h3-5,10-13,16-17,19-20,29,31-33H,2,6-9,18,21-25H2,1H3/b5-3+. The van der Waals surface area contributed by atoms with Crippen molar-refractivity contribution in [3.8, 4) is 11.8 Å². The molecular formula is C33H40. The quantitative estimate of drug-likeness (QED) is 0.300. The van der Waals surface area contributed by atoms with E-state index >= 15 is 0 Å². The highest BCUT2D eigenvalue weighted by molar-refractivity contribution is 5.44. The van der Waals surface area contributed by atoms with E-state index in [4.69, 9.17) is 0 Å². The molecule has 0 spiro atoms. The van der Waals surface area contributed by atoms with E-state index < -0.39 is 0 Å². The van der Waals surface area contributed by atoms with Crippen LogP contribution in [0.25, 0.3) is 0 Å². The first-order valence-corrected chi connectivity index (χ1v) is 13.2. The topological polar surface area (TPSA) is 0 Å². The number of benzene rings is 2. The second-order valence-corrected chi connectivity index (χ2v) is 10.3. The number of fused-ring (bicyclic) bond motifs is 1. The van der Waals surface area contributed by atoms with Crippen LogP contribution < -0.4 is 0 Å². The summed E-state index contributed by atoms with van der Waals surface area (Å²) >= 11 is 0. The summed E-state index contributed by atoms with van der Waals surface area (Å²) < 4.78 is 0. The van der Waals surface area contributed by atoms with Crippen LogP contribution in [0.2, 0.25) is 0 Å². The zero-order valence-electron chi connectivity index (χ0n) is 20.4. The van der Waals surface area contributed by atoms with Crippen molar-refractivity contribution in [3.63, 3.8) is 0 Å². The van der Waals surface area contributed by atoms with Crippen molar-refractivity contribution >= 4 is 0 Å². The lowest BCUT2D eigenvalue weighted by molar-refractivity contribution is 0.115. The molecule has 4 atom stereocenters. The first kappa shape index (κ1) is 23.6. The van der Waals surface area contributed by atoms with Gasteiger partial charge in [0.25, 0.3) is 0 Å². The van der Waals surface area contributed by atoms with Gasteiger partial charge in [-0.05, 0) is 124 Å². The van der Waals surface area contributed by atoms with Crippen molar-refractivity contribution in [2.75, 3.05) is 0 Å². The molecule has 0 bridgehead atoms. The molecule has 33 heavy (non-hydrogen) atoms. The third kappa shape index (κ3) is 6.74. The molecular weight excluding hydrogens is 396 g/mol. The van der Waals surface area contributed by atoms with E-state index in [-0.39, 0.29) is 0 Å². The van der Waals surface area contributed by atoms with Crippen molar-refractivity contribution in [1.82, 2.24) is 0 Å². The number of hydrogen-bond donors (Lipinski definition) is 0. The molecule has 0 radical (unpaired) electrons. The average molecular weight is 437 g/mol. The van der Waals surface area contributed by atoms with Gasteiger partial charge in [-0.25, -0.2) is 0 Å². The molecule has 0 heterocycles. The number of rotatable bonds is 7. The van der Waals surface area contributed by atoms with Crippen LogP contribution >= 0.6 is 0 Å². The highest BCUT2D eigenvalue weighted by atomic mass is 14.4. The van der Waals surface area contributed by atoms with E-state index in [2.05, 4.69) is 92.1 Å². The van der Waals surface area contributed by atoms with Crippen LogP contribution in [0.5, 0.6) is 0 Å². The third-order valence-electron chi connectivity index (χ3n) is 8.02. The minimum absolute atomic E-state index is 0.744. The first-order valence-electron chi connectivity index (χ1n) is 13.2. The maximum Gasteiger partial charge on any atom is 0.0249 e. The third-order valence-corrected chi connectivity index (χ3v) is 8.02. The Hall–Kier alpha value is -2.52. The van der Waals surface area contributed by atoms with E-state index in [1.807, 2.05) is 0 Å². The Kier molecular flexibility index (Phi) is 8.65. The summed E-state index contributed by atoms with van der Waals surface area (Å²) in [6.07, 6.45) is 19.7. The highest BCUT2D eigenvalue weighted by Gasteiger charge is 2.35. The van der Waals surface area contributed by atoms with Gasteiger partial charge in [0.15, 0.2) is 0 Å². The smallest absolute Gasteiger partial charge is 0.0249 e. The number of allylic oxidation sites excluding steroid dienone is 3. The molecule has 0 aliphatic heterocycles. The normalized spacial score (nSPS) is 24.6. The fourth-order valence-corrected chi connectivity index (χ4v) is 6.06. The Morgan fingerprint density at radius 3 is 2.18 bits per heavy atom. The lowest BCUT2D eigenvalue weighted by Crippen LogP contribution is -2.30. The first-order chi connectivity index (χ1) is 16.2. The van der Waals surface area contributed by atoms with Crippen molar-refractivity contribution in [3.05, 3.63) is 95.6 Å². The van der Waals surface area contributed by atoms with Gasteiger partial charge in [-0.3, -0.25) is 0 Å². The van der Waals surface area contributed by atoms with E-state index in [9.17, 15) is 0 Å². The molecule has 2 aromatic rings. The molecule has 0 N–H and O–H groups in total. The maximum absolute atomic E-state index is 3.91. The molecule has 0 nitrogen and oxygen atoms in total. The molecule has 4 unspecified atom stereocenters. The zero-order valence-corrected chi connectivity index (χ0v) is 20.4. The zero-order chi connectivity index (χ0) is 22.9. The van der Waals surface area contributed by atoms with Gasteiger partial charge < -0.3 is 0 Å². The lowest BCUT2D eigenvalue weighted by Gasteiger charge is -2.42. The summed E-state index contributed by atoms with van der Waals surface area (Å²) in [5.74, 6) is 10.3. The molecule has 0 heteroatoms. The highest BCUT2D eigenvalue weighted by Crippen LogP contribution is 2.48. The molecule has 172 valence electrons. The number of hydrogen-bond acceptors (Lipinski definition) is 0. The molecule has 2 saturated carbocycles. The Labute approximate surface area is 202 Å². The van der Waals surface area contributed by atoms with Crippen molar-refractivity contribution in [1.29, 1.82) is 0 Å². The Morgan fingerprint density at radius 2 is 1.48 bits per heavy atom. The van der Waals surface area contributed by atoms with Gasteiger partial charge in [-0.2, -0.15) is 0 Å². The van der Waals surface area contributed by atoms with Crippen LogP contribution in [0.3, 0.4) is 0 Å². The predicted molar refractivity (Wildman–Crippen MR) is 142 cm³/mol. The Bertz CT molecular complexity index is 963. The van der Waals surface area contributed by atoms with Gasteiger partial charge in [0.2, 0.25) is 0 Å². The Morgan fingerprint density at radius 1 is 0.818 bits per heavy atom. The minimum atomic E-state index is 0.744. The molecule has 2 aliphatic carbocycles. The van der Waals surface area contributed by atoms with Gasteiger partial charge in [0, 0.05) is 11.1 Å². The van der Waals surface area contributed by atoms with Crippen LogP contribution in [0.4, 0.5) is 0 Å². The van der Waals surface area contributed by atoms with Gasteiger partial charge in [0.1, 0.15) is 0 Å². The van der Waals surface area contributed by atoms with E-state index in [0.717, 1.165) is 47.6 Å². The van der Waals surface area contributed by atoms with Crippen molar-refractivity contribution < 1.29 is 0 Å². The summed E-state index contributed by atoms with van der Waals surface area (Å²) in [5, 5.41) is 0.